The fourth-order valence-corrected chi connectivity index (χ4v) is 7.66. The van der Waals surface area contributed by atoms with E-state index in [1.807, 2.05) is 37.4 Å². The monoisotopic (exact) mass is 620 g/mol. The van der Waals surface area contributed by atoms with Gasteiger partial charge in [-0.1, -0.05) is 36.2 Å². The fraction of sp³-hybridized carbons (Fsp3) is 0.462. The highest BCUT2D eigenvalue weighted by atomic mass is 16.5. The zero-order chi connectivity index (χ0) is 32.6. The van der Waals surface area contributed by atoms with Gasteiger partial charge in [0.25, 0.3) is 0 Å². The normalized spacial score (nSPS) is 18.3. The topological polar surface area (TPSA) is 87.3 Å². The predicted molar refractivity (Wildman–Crippen MR) is 184 cm³/mol. The van der Waals surface area contributed by atoms with Gasteiger partial charge in [0.2, 0.25) is 5.91 Å². The highest BCUT2D eigenvalue weighted by Crippen LogP contribution is 2.42. The Labute approximate surface area is 273 Å². The second kappa shape index (κ2) is 13.0. The Morgan fingerprint density at radius 1 is 1.02 bits per heavy atom. The second-order valence-corrected chi connectivity index (χ2v) is 14.0. The van der Waals surface area contributed by atoms with E-state index in [1.165, 1.54) is 22.3 Å². The SMILES string of the molecule is CCOC(=O)c1ccc(CCNCC(C)c2c(-c3cc(C)cc(C)c3)[nH]c3ncc(C(C)(C)C(=O)N4C5CCC4CC5)cc23)cc1. The second-order valence-electron chi connectivity index (χ2n) is 14.0. The number of nitrogens with one attached hydrogen (secondary N) is 2. The lowest BCUT2D eigenvalue weighted by molar-refractivity contribution is -0.137. The molecule has 2 aromatic heterocycles. The van der Waals surface area contributed by atoms with E-state index >= 15 is 0 Å². The number of amides is 1. The van der Waals surface area contributed by atoms with Crippen molar-refractivity contribution in [2.75, 3.05) is 19.7 Å². The molecule has 46 heavy (non-hydrogen) atoms. The smallest absolute Gasteiger partial charge is 0.338 e. The number of aromatic nitrogens is 2. The summed E-state index contributed by atoms with van der Waals surface area (Å²) < 4.78 is 5.11. The van der Waals surface area contributed by atoms with E-state index in [0.29, 0.717) is 24.3 Å². The van der Waals surface area contributed by atoms with E-state index in [4.69, 9.17) is 9.72 Å². The quantitative estimate of drug-likeness (QED) is 0.135. The third-order valence-electron chi connectivity index (χ3n) is 10.1. The van der Waals surface area contributed by atoms with E-state index in [1.54, 1.807) is 0 Å². The summed E-state index contributed by atoms with van der Waals surface area (Å²) in [6.07, 6.45) is 7.29. The Morgan fingerprint density at radius 2 is 1.67 bits per heavy atom. The highest BCUT2D eigenvalue weighted by molar-refractivity contribution is 5.93. The first-order valence-corrected chi connectivity index (χ1v) is 17.0. The average molecular weight is 621 g/mol. The van der Waals surface area contributed by atoms with E-state index in [-0.39, 0.29) is 17.8 Å². The Balaban J connectivity index is 1.26. The Morgan fingerprint density at radius 3 is 2.30 bits per heavy atom. The van der Waals surface area contributed by atoms with Crippen LogP contribution in [0.2, 0.25) is 0 Å². The molecule has 2 bridgehead atoms. The molecule has 2 aliphatic rings. The molecule has 7 nitrogen and oxygen atoms in total. The molecule has 1 unspecified atom stereocenters. The number of esters is 1. The first-order chi connectivity index (χ1) is 22.1. The van der Waals surface area contributed by atoms with E-state index in [9.17, 15) is 9.59 Å². The van der Waals surface area contributed by atoms with Crippen LogP contribution in [0.1, 0.15) is 97.5 Å². The lowest BCUT2D eigenvalue weighted by atomic mass is 9.82. The standard InChI is InChI=1S/C39H48N4O3/c1-7-46-37(44)28-10-8-27(9-11-28)16-17-40-22-26(4)34-33-21-30(39(5,6)38(45)43-31-12-13-32(43)15-14-31)23-41-36(33)42-35(34)29-19-24(2)18-25(3)20-29/h8-11,18-21,23,26,31-32,40H,7,12-17,22H2,1-6H3,(H,41,42). The largest absolute Gasteiger partial charge is 0.462 e. The first kappa shape index (κ1) is 32.0. The number of H-pyrrole nitrogens is 1. The molecule has 7 heteroatoms. The summed E-state index contributed by atoms with van der Waals surface area (Å²) in [5.41, 5.74) is 8.83. The summed E-state index contributed by atoms with van der Waals surface area (Å²) in [5, 5.41) is 4.76. The van der Waals surface area contributed by atoms with Crippen molar-refractivity contribution in [1.29, 1.82) is 0 Å². The van der Waals surface area contributed by atoms with Crippen LogP contribution in [0.4, 0.5) is 0 Å². The van der Waals surface area contributed by atoms with Crippen LogP contribution in [0.3, 0.4) is 0 Å². The minimum Gasteiger partial charge on any atom is -0.462 e. The molecule has 2 aliphatic heterocycles. The predicted octanol–water partition coefficient (Wildman–Crippen LogP) is 7.39. The van der Waals surface area contributed by atoms with Crippen molar-refractivity contribution in [2.24, 2.45) is 0 Å². The molecule has 0 radical (unpaired) electrons. The van der Waals surface area contributed by atoms with Gasteiger partial charge in [-0.25, -0.2) is 9.78 Å². The maximum absolute atomic E-state index is 14.0. The van der Waals surface area contributed by atoms with Crippen molar-refractivity contribution in [2.45, 2.75) is 97.1 Å². The number of ether oxygens (including phenoxy) is 1. The van der Waals surface area contributed by atoms with Gasteiger partial charge in [-0.15, -0.1) is 0 Å². The van der Waals surface area contributed by atoms with Gasteiger partial charge >= 0.3 is 5.97 Å². The van der Waals surface area contributed by atoms with Crippen molar-refractivity contribution in [1.82, 2.24) is 20.2 Å². The molecule has 2 saturated heterocycles. The van der Waals surface area contributed by atoms with Crippen LogP contribution in [-0.4, -0.2) is 58.5 Å². The van der Waals surface area contributed by atoms with Crippen LogP contribution in [0.5, 0.6) is 0 Å². The molecule has 2 N–H and O–H groups in total. The van der Waals surface area contributed by atoms with Gasteiger partial charge < -0.3 is 19.9 Å². The fourth-order valence-electron chi connectivity index (χ4n) is 7.66. The van der Waals surface area contributed by atoms with Gasteiger partial charge in [0.05, 0.1) is 23.3 Å². The van der Waals surface area contributed by atoms with Crippen LogP contribution in [-0.2, 0) is 21.4 Å². The van der Waals surface area contributed by atoms with Gasteiger partial charge in [0, 0.05) is 30.2 Å². The number of fused-ring (bicyclic) bond motifs is 3. The molecular formula is C39H48N4O3. The van der Waals surface area contributed by atoms with Crippen molar-refractivity contribution >= 4 is 22.9 Å². The lowest BCUT2D eigenvalue weighted by Gasteiger charge is -2.32. The molecule has 0 saturated carbocycles. The van der Waals surface area contributed by atoms with Crippen LogP contribution in [0.25, 0.3) is 22.3 Å². The summed E-state index contributed by atoms with van der Waals surface area (Å²) in [7, 11) is 0. The summed E-state index contributed by atoms with van der Waals surface area (Å²) in [6, 6.07) is 17.4. The molecule has 2 fully saturated rings. The molecule has 1 atom stereocenters. The molecule has 4 aromatic rings. The molecule has 4 heterocycles. The van der Waals surface area contributed by atoms with Crippen LogP contribution in [0.15, 0.2) is 54.7 Å². The summed E-state index contributed by atoms with van der Waals surface area (Å²) >= 11 is 0. The molecule has 0 spiro atoms. The number of benzene rings is 2. The van der Waals surface area contributed by atoms with Crippen molar-refractivity contribution in [3.8, 4) is 11.3 Å². The highest BCUT2D eigenvalue weighted by Gasteiger charge is 2.47. The zero-order valence-electron chi connectivity index (χ0n) is 28.2. The number of hydrogen-bond donors (Lipinski definition) is 2. The number of hydrogen-bond acceptors (Lipinski definition) is 5. The van der Waals surface area contributed by atoms with Crippen LogP contribution < -0.4 is 5.32 Å². The minimum absolute atomic E-state index is 0.182. The Kier molecular flexibility index (Phi) is 9.06. The third kappa shape index (κ3) is 6.22. The van der Waals surface area contributed by atoms with Gasteiger partial charge in [0.1, 0.15) is 5.65 Å². The van der Waals surface area contributed by atoms with E-state index < -0.39 is 5.41 Å². The van der Waals surface area contributed by atoms with Crippen LogP contribution >= 0.6 is 0 Å². The summed E-state index contributed by atoms with van der Waals surface area (Å²) in [4.78, 5) is 36.8. The van der Waals surface area contributed by atoms with E-state index in [2.05, 4.69) is 74.1 Å². The van der Waals surface area contributed by atoms with Gasteiger partial charge in [-0.05, 0) is 132 Å². The van der Waals surface area contributed by atoms with Gasteiger partial charge in [0.15, 0.2) is 0 Å². The van der Waals surface area contributed by atoms with Crippen molar-refractivity contribution in [3.63, 3.8) is 0 Å². The average Bonchev–Trinajstić information content (AvgIpc) is 3.75. The number of rotatable bonds is 11. The maximum atomic E-state index is 14.0. The number of carbonyl (C=O) groups is 2. The van der Waals surface area contributed by atoms with Gasteiger partial charge in [-0.2, -0.15) is 0 Å². The first-order valence-electron chi connectivity index (χ1n) is 17.0. The molecule has 1 amide bonds. The number of carbonyl (C=O) groups excluding carboxylic acids is 2. The summed E-state index contributed by atoms with van der Waals surface area (Å²) in [6.45, 7) is 14.5. The number of nitrogens with zero attached hydrogens (tertiary/aromatic N) is 2. The number of aromatic amines is 1. The third-order valence-corrected chi connectivity index (χ3v) is 10.1. The Bertz CT molecular complexity index is 1700. The van der Waals surface area contributed by atoms with E-state index in [0.717, 1.165) is 73.0 Å². The Hall–Kier alpha value is -3.97. The number of aryl methyl sites for hydroxylation is 2. The molecule has 2 aromatic carbocycles. The van der Waals surface area contributed by atoms with Crippen LogP contribution in [0, 0.1) is 13.8 Å². The lowest BCUT2D eigenvalue weighted by Crippen LogP contribution is -2.46. The summed E-state index contributed by atoms with van der Waals surface area (Å²) in [5.74, 6) is 0.129. The minimum atomic E-state index is -0.661. The van der Waals surface area contributed by atoms with Crippen molar-refractivity contribution in [3.05, 3.63) is 88.1 Å². The molecular weight excluding hydrogens is 572 g/mol. The van der Waals surface area contributed by atoms with Crippen molar-refractivity contribution < 1.29 is 14.3 Å². The molecule has 6 rings (SSSR count). The van der Waals surface area contributed by atoms with Gasteiger partial charge in [-0.3, -0.25) is 4.79 Å². The molecule has 0 aliphatic carbocycles. The molecule has 242 valence electrons. The maximum Gasteiger partial charge on any atom is 0.338 e. The zero-order valence-corrected chi connectivity index (χ0v) is 28.2. The number of pyridine rings is 1.